The molecule has 0 aliphatic heterocycles. The molecule has 2 atom stereocenters. The molecule has 1 rings (SSSR count). The Morgan fingerprint density at radius 1 is 1.50 bits per heavy atom. The summed E-state index contributed by atoms with van der Waals surface area (Å²) in [5.41, 5.74) is 0. The number of nitriles is 1. The van der Waals surface area contributed by atoms with Gasteiger partial charge < -0.3 is 5.11 Å². The zero-order valence-corrected chi connectivity index (χ0v) is 8.63. The maximum absolute atomic E-state index is 11.2. The lowest BCUT2D eigenvalue weighted by Crippen LogP contribution is -2.39. The number of nitrogens with one attached hydrogen (secondary N) is 1. The fraction of sp³-hybridized carbons (Fsp3) is 0.875. The summed E-state index contributed by atoms with van der Waals surface area (Å²) in [5, 5.41) is 17.2. The van der Waals surface area contributed by atoms with Crippen LogP contribution in [0.25, 0.3) is 0 Å². The molecule has 0 spiro atoms. The zero-order chi connectivity index (χ0) is 10.6. The SMILES string of the molecule is N#CCS(=O)(=O)NC1CCCC1CO. The highest BCUT2D eigenvalue weighted by Gasteiger charge is 2.29. The molecule has 0 aromatic heterocycles. The topological polar surface area (TPSA) is 90.2 Å². The van der Waals surface area contributed by atoms with Gasteiger partial charge in [-0.15, -0.1) is 0 Å². The minimum absolute atomic E-state index is 0.000258. The quantitative estimate of drug-likeness (QED) is 0.671. The molecule has 6 heteroatoms. The van der Waals surface area contributed by atoms with Crippen molar-refractivity contribution < 1.29 is 13.5 Å². The summed E-state index contributed by atoms with van der Waals surface area (Å²) >= 11 is 0. The molecule has 1 fully saturated rings. The van der Waals surface area contributed by atoms with Crippen LogP contribution in [0.1, 0.15) is 19.3 Å². The molecular formula is C8H14N2O3S. The van der Waals surface area contributed by atoms with Crippen molar-refractivity contribution in [1.82, 2.24) is 4.72 Å². The third-order valence-corrected chi connectivity index (χ3v) is 3.65. The van der Waals surface area contributed by atoms with E-state index >= 15 is 0 Å². The Balaban J connectivity index is 2.56. The van der Waals surface area contributed by atoms with Crippen molar-refractivity contribution in [3.63, 3.8) is 0 Å². The van der Waals surface area contributed by atoms with E-state index in [2.05, 4.69) is 4.72 Å². The van der Waals surface area contributed by atoms with Gasteiger partial charge >= 0.3 is 0 Å². The Labute approximate surface area is 83.8 Å². The molecule has 0 saturated heterocycles. The van der Waals surface area contributed by atoms with Crippen molar-refractivity contribution in [3.8, 4) is 6.07 Å². The largest absolute Gasteiger partial charge is 0.396 e. The van der Waals surface area contributed by atoms with E-state index in [1.165, 1.54) is 0 Å². The molecule has 0 bridgehead atoms. The second-order valence-electron chi connectivity index (χ2n) is 3.52. The second kappa shape index (κ2) is 4.73. The molecule has 0 aromatic carbocycles. The van der Waals surface area contributed by atoms with E-state index in [-0.39, 0.29) is 18.6 Å². The van der Waals surface area contributed by atoms with Gasteiger partial charge in [-0.05, 0) is 18.8 Å². The second-order valence-corrected chi connectivity index (χ2v) is 5.27. The average molecular weight is 218 g/mol. The molecule has 1 saturated carbocycles. The van der Waals surface area contributed by atoms with Crippen LogP contribution in [-0.2, 0) is 10.0 Å². The predicted molar refractivity (Wildman–Crippen MR) is 50.8 cm³/mol. The molecule has 5 nitrogen and oxygen atoms in total. The first kappa shape index (κ1) is 11.4. The smallest absolute Gasteiger partial charge is 0.225 e. The van der Waals surface area contributed by atoms with Gasteiger partial charge in [-0.25, -0.2) is 13.1 Å². The van der Waals surface area contributed by atoms with Gasteiger partial charge in [0.25, 0.3) is 0 Å². The monoisotopic (exact) mass is 218 g/mol. The van der Waals surface area contributed by atoms with Gasteiger partial charge in [0.05, 0.1) is 6.07 Å². The lowest BCUT2D eigenvalue weighted by molar-refractivity contribution is 0.213. The van der Waals surface area contributed by atoms with E-state index < -0.39 is 15.8 Å². The van der Waals surface area contributed by atoms with Gasteiger partial charge in [-0.1, -0.05) is 6.42 Å². The highest BCUT2D eigenvalue weighted by atomic mass is 32.2. The lowest BCUT2D eigenvalue weighted by atomic mass is 10.1. The zero-order valence-electron chi connectivity index (χ0n) is 7.81. The highest BCUT2D eigenvalue weighted by molar-refractivity contribution is 7.89. The van der Waals surface area contributed by atoms with Gasteiger partial charge in [-0.2, -0.15) is 5.26 Å². The Morgan fingerprint density at radius 2 is 2.21 bits per heavy atom. The molecule has 80 valence electrons. The number of nitrogens with zero attached hydrogens (tertiary/aromatic N) is 1. The third-order valence-electron chi connectivity index (χ3n) is 2.48. The molecule has 1 aliphatic carbocycles. The van der Waals surface area contributed by atoms with Gasteiger partial charge in [0.15, 0.2) is 5.75 Å². The number of hydrogen-bond acceptors (Lipinski definition) is 4. The minimum Gasteiger partial charge on any atom is -0.396 e. The van der Waals surface area contributed by atoms with Crippen molar-refractivity contribution in [2.24, 2.45) is 5.92 Å². The predicted octanol–water partition coefficient (Wildman–Crippen LogP) is -0.410. The van der Waals surface area contributed by atoms with Crippen molar-refractivity contribution >= 4 is 10.0 Å². The molecule has 0 amide bonds. The molecule has 0 heterocycles. The van der Waals surface area contributed by atoms with E-state index in [1.807, 2.05) is 0 Å². The van der Waals surface area contributed by atoms with E-state index in [0.717, 1.165) is 19.3 Å². The van der Waals surface area contributed by atoms with Crippen molar-refractivity contribution in [1.29, 1.82) is 5.26 Å². The fourth-order valence-electron chi connectivity index (χ4n) is 1.77. The van der Waals surface area contributed by atoms with Gasteiger partial charge in [0.1, 0.15) is 0 Å². The summed E-state index contributed by atoms with van der Waals surface area (Å²) < 4.78 is 24.9. The first-order valence-corrected chi connectivity index (χ1v) is 6.22. The summed E-state index contributed by atoms with van der Waals surface area (Å²) in [4.78, 5) is 0. The number of sulfonamides is 1. The number of rotatable bonds is 4. The van der Waals surface area contributed by atoms with Gasteiger partial charge in [0, 0.05) is 12.6 Å². The van der Waals surface area contributed by atoms with Crippen LogP contribution in [0.15, 0.2) is 0 Å². The molecule has 2 N–H and O–H groups in total. The van der Waals surface area contributed by atoms with Crippen molar-refractivity contribution in [2.75, 3.05) is 12.4 Å². The Hall–Kier alpha value is -0.640. The van der Waals surface area contributed by atoms with E-state index in [4.69, 9.17) is 10.4 Å². The molecular weight excluding hydrogens is 204 g/mol. The lowest BCUT2D eigenvalue weighted by Gasteiger charge is -2.17. The normalized spacial score (nSPS) is 27.4. The molecule has 14 heavy (non-hydrogen) atoms. The van der Waals surface area contributed by atoms with Crippen LogP contribution in [-0.4, -0.2) is 31.9 Å². The van der Waals surface area contributed by atoms with Crippen LogP contribution in [0.5, 0.6) is 0 Å². The van der Waals surface area contributed by atoms with Crippen LogP contribution in [0, 0.1) is 17.2 Å². The summed E-state index contributed by atoms with van der Waals surface area (Å²) in [7, 11) is -3.48. The maximum Gasteiger partial charge on any atom is 0.225 e. The van der Waals surface area contributed by atoms with Gasteiger partial charge in [0.2, 0.25) is 10.0 Å². The Bertz CT molecular complexity index is 320. The van der Waals surface area contributed by atoms with Crippen molar-refractivity contribution in [2.45, 2.75) is 25.3 Å². The van der Waals surface area contributed by atoms with Crippen LogP contribution in [0.3, 0.4) is 0 Å². The number of aliphatic hydroxyl groups excluding tert-OH is 1. The van der Waals surface area contributed by atoms with E-state index in [9.17, 15) is 8.42 Å². The standard InChI is InChI=1S/C8H14N2O3S/c9-4-5-14(12,13)10-8-3-1-2-7(8)6-11/h7-8,10-11H,1-3,5-6H2. The molecule has 0 radical (unpaired) electrons. The van der Waals surface area contributed by atoms with Crippen LogP contribution in [0.2, 0.25) is 0 Å². The molecule has 0 aromatic rings. The first-order valence-electron chi connectivity index (χ1n) is 4.57. The first-order chi connectivity index (χ1) is 6.59. The number of hydrogen-bond donors (Lipinski definition) is 2. The summed E-state index contributed by atoms with van der Waals surface area (Å²) in [6.07, 6.45) is 2.51. The molecule has 2 unspecified atom stereocenters. The summed E-state index contributed by atoms with van der Waals surface area (Å²) in [6, 6.07) is 1.41. The third kappa shape index (κ3) is 2.94. The summed E-state index contributed by atoms with van der Waals surface area (Å²) in [5.74, 6) is -0.509. The number of aliphatic hydroxyl groups is 1. The summed E-state index contributed by atoms with van der Waals surface area (Å²) in [6.45, 7) is -0.000258. The Kier molecular flexibility index (Phi) is 3.86. The van der Waals surface area contributed by atoms with Gasteiger partial charge in [-0.3, -0.25) is 0 Å². The molecule has 1 aliphatic rings. The maximum atomic E-state index is 11.2. The van der Waals surface area contributed by atoms with Crippen LogP contribution in [0.4, 0.5) is 0 Å². The van der Waals surface area contributed by atoms with E-state index in [0.29, 0.717) is 0 Å². The van der Waals surface area contributed by atoms with Crippen LogP contribution >= 0.6 is 0 Å². The van der Waals surface area contributed by atoms with Crippen LogP contribution < -0.4 is 4.72 Å². The Morgan fingerprint density at radius 3 is 2.79 bits per heavy atom. The van der Waals surface area contributed by atoms with E-state index in [1.54, 1.807) is 6.07 Å². The highest BCUT2D eigenvalue weighted by Crippen LogP contribution is 2.25. The minimum atomic E-state index is -3.48. The average Bonchev–Trinajstić information content (AvgIpc) is 2.50. The van der Waals surface area contributed by atoms with Crippen molar-refractivity contribution in [3.05, 3.63) is 0 Å². The fourth-order valence-corrected chi connectivity index (χ4v) is 2.79.